The maximum Gasteiger partial charge on any atom is 0.191 e. The number of methoxy groups -OCH3 is 2. The molecule has 142 valence electrons. The lowest BCUT2D eigenvalue weighted by Crippen LogP contribution is -2.44. The van der Waals surface area contributed by atoms with E-state index in [1.54, 1.807) is 14.2 Å². The summed E-state index contributed by atoms with van der Waals surface area (Å²) in [5, 5.41) is 6.90. The molecule has 0 bridgehead atoms. The highest BCUT2D eigenvalue weighted by Gasteiger charge is 2.15. The van der Waals surface area contributed by atoms with Crippen molar-refractivity contribution < 1.29 is 9.47 Å². The summed E-state index contributed by atoms with van der Waals surface area (Å²) < 4.78 is 11.6. The van der Waals surface area contributed by atoms with E-state index in [0.717, 1.165) is 22.5 Å². The number of hydrogen-bond donors (Lipinski definition) is 2. The molecule has 0 aromatic heterocycles. The maximum absolute atomic E-state index is 5.40. The number of benzene rings is 1. The zero-order chi connectivity index (χ0) is 17.4. The fourth-order valence-electron chi connectivity index (χ4n) is 2.99. The van der Waals surface area contributed by atoms with Gasteiger partial charge in [0.25, 0.3) is 0 Å². The Hall–Kier alpha value is -0.700. The zero-order valence-electron chi connectivity index (χ0n) is 15.2. The topological polar surface area (TPSA) is 54.9 Å². The lowest BCUT2D eigenvalue weighted by Gasteiger charge is -2.24. The van der Waals surface area contributed by atoms with E-state index >= 15 is 0 Å². The van der Waals surface area contributed by atoms with E-state index in [1.165, 1.54) is 32.1 Å². The molecule has 0 heterocycles. The number of nitrogens with zero attached hydrogens (tertiary/aromatic N) is 1. The van der Waals surface area contributed by atoms with Crippen LogP contribution < -0.4 is 20.1 Å². The third-order valence-electron chi connectivity index (χ3n) is 4.20. The molecule has 1 fully saturated rings. The van der Waals surface area contributed by atoms with E-state index in [-0.39, 0.29) is 24.0 Å². The average Bonchev–Trinajstić information content (AvgIpc) is 2.60. The summed E-state index contributed by atoms with van der Waals surface area (Å²) in [5.41, 5.74) is 1.07. The minimum atomic E-state index is 0. The van der Waals surface area contributed by atoms with Crippen molar-refractivity contribution in [2.45, 2.75) is 51.6 Å². The Morgan fingerprint density at radius 1 is 1.20 bits per heavy atom. The predicted molar refractivity (Wildman–Crippen MR) is 117 cm³/mol. The highest BCUT2D eigenvalue weighted by Crippen LogP contribution is 2.36. The van der Waals surface area contributed by atoms with Crippen LogP contribution in [0, 0.1) is 0 Å². The zero-order valence-corrected chi connectivity index (χ0v) is 19.1. The van der Waals surface area contributed by atoms with Crippen LogP contribution in [0.25, 0.3) is 0 Å². The van der Waals surface area contributed by atoms with E-state index in [1.807, 2.05) is 12.1 Å². The van der Waals surface area contributed by atoms with Crippen LogP contribution in [0.4, 0.5) is 0 Å². The number of halogens is 2. The van der Waals surface area contributed by atoms with Gasteiger partial charge in [-0.3, -0.25) is 0 Å². The third kappa shape index (κ3) is 6.84. The van der Waals surface area contributed by atoms with Gasteiger partial charge in [0.2, 0.25) is 0 Å². The van der Waals surface area contributed by atoms with E-state index in [2.05, 4.69) is 33.5 Å². The normalized spacial score (nSPS) is 15.3. The molecule has 5 nitrogen and oxygen atoms in total. The summed E-state index contributed by atoms with van der Waals surface area (Å²) in [6.07, 6.45) is 6.42. The Bertz CT molecular complexity index is 563. The van der Waals surface area contributed by atoms with Gasteiger partial charge in [0.05, 0.1) is 25.2 Å². The molecule has 25 heavy (non-hydrogen) atoms. The van der Waals surface area contributed by atoms with Crippen molar-refractivity contribution in [3.8, 4) is 11.5 Å². The first-order valence-electron chi connectivity index (χ1n) is 8.63. The van der Waals surface area contributed by atoms with Crippen LogP contribution in [0.15, 0.2) is 21.6 Å². The quantitative estimate of drug-likeness (QED) is 0.327. The van der Waals surface area contributed by atoms with Gasteiger partial charge in [-0.25, -0.2) is 4.99 Å². The molecule has 0 saturated heterocycles. The molecule has 0 unspecified atom stereocenters. The molecule has 0 atom stereocenters. The van der Waals surface area contributed by atoms with Gasteiger partial charge in [-0.05, 0) is 53.4 Å². The molecule has 0 radical (unpaired) electrons. The lowest BCUT2D eigenvalue weighted by molar-refractivity contribution is 0.352. The van der Waals surface area contributed by atoms with Crippen LogP contribution >= 0.6 is 39.9 Å². The first-order valence-corrected chi connectivity index (χ1v) is 9.42. The van der Waals surface area contributed by atoms with Crippen LogP contribution in [0.5, 0.6) is 11.5 Å². The van der Waals surface area contributed by atoms with Crippen molar-refractivity contribution in [3.63, 3.8) is 0 Å². The van der Waals surface area contributed by atoms with Gasteiger partial charge >= 0.3 is 0 Å². The Morgan fingerprint density at radius 2 is 1.92 bits per heavy atom. The van der Waals surface area contributed by atoms with Crippen LogP contribution in [0.3, 0.4) is 0 Å². The summed E-state index contributed by atoms with van der Waals surface area (Å²) in [6, 6.07) is 4.53. The fraction of sp³-hybridized carbons (Fsp3) is 0.611. The molecule has 1 aliphatic rings. The standard InChI is InChI=1S/C18H28BrN3O2.HI/c1-4-20-18(22-14-8-6-5-7-9-14)21-12-13-10-15(19)17(24-3)16(11-13)23-2;/h10-11,14H,4-9,12H2,1-3H3,(H2,20,21,22);1H. The van der Waals surface area contributed by atoms with Crippen molar-refractivity contribution >= 4 is 45.9 Å². The molecule has 1 saturated carbocycles. The van der Waals surface area contributed by atoms with E-state index in [9.17, 15) is 0 Å². The highest BCUT2D eigenvalue weighted by atomic mass is 127. The molecule has 1 aromatic carbocycles. The van der Waals surface area contributed by atoms with Crippen LogP contribution in [0.2, 0.25) is 0 Å². The number of nitrogens with one attached hydrogen (secondary N) is 2. The average molecular weight is 526 g/mol. The second-order valence-electron chi connectivity index (χ2n) is 5.99. The van der Waals surface area contributed by atoms with Crippen molar-refractivity contribution in [2.24, 2.45) is 4.99 Å². The Kier molecular flexibility index (Phi) is 10.6. The number of rotatable bonds is 6. The predicted octanol–water partition coefficient (Wildman–Crippen LogP) is 4.47. The number of hydrogen-bond acceptors (Lipinski definition) is 3. The van der Waals surface area contributed by atoms with Crippen molar-refractivity contribution in [3.05, 3.63) is 22.2 Å². The molecule has 2 N–H and O–H groups in total. The molecule has 2 rings (SSSR count). The summed E-state index contributed by atoms with van der Waals surface area (Å²) in [7, 11) is 3.28. The van der Waals surface area contributed by atoms with E-state index in [0.29, 0.717) is 24.1 Å². The number of ether oxygens (including phenoxy) is 2. The smallest absolute Gasteiger partial charge is 0.191 e. The summed E-state index contributed by atoms with van der Waals surface area (Å²) >= 11 is 3.53. The molecule has 7 heteroatoms. The fourth-order valence-corrected chi connectivity index (χ4v) is 3.64. The van der Waals surface area contributed by atoms with E-state index in [4.69, 9.17) is 14.5 Å². The molecule has 1 aliphatic carbocycles. The first kappa shape index (κ1) is 22.3. The van der Waals surface area contributed by atoms with Gasteiger partial charge in [-0.1, -0.05) is 19.3 Å². The van der Waals surface area contributed by atoms with Crippen molar-refractivity contribution in [1.82, 2.24) is 10.6 Å². The molecule has 0 amide bonds. The van der Waals surface area contributed by atoms with Gasteiger partial charge in [0.15, 0.2) is 17.5 Å². The van der Waals surface area contributed by atoms with Gasteiger partial charge in [-0.15, -0.1) is 24.0 Å². The van der Waals surface area contributed by atoms with Gasteiger partial charge in [0, 0.05) is 12.6 Å². The Morgan fingerprint density at radius 3 is 2.52 bits per heavy atom. The van der Waals surface area contributed by atoms with E-state index < -0.39 is 0 Å². The second-order valence-corrected chi connectivity index (χ2v) is 6.84. The lowest BCUT2D eigenvalue weighted by atomic mass is 9.96. The number of guanidine groups is 1. The van der Waals surface area contributed by atoms with Gasteiger partial charge in [0.1, 0.15) is 0 Å². The molecule has 1 aromatic rings. The molecule has 0 spiro atoms. The van der Waals surface area contributed by atoms with Gasteiger partial charge < -0.3 is 20.1 Å². The molecular weight excluding hydrogens is 497 g/mol. The first-order chi connectivity index (χ1) is 11.7. The van der Waals surface area contributed by atoms with Crippen molar-refractivity contribution in [2.75, 3.05) is 20.8 Å². The highest BCUT2D eigenvalue weighted by molar-refractivity contribution is 14.0. The molecule has 0 aliphatic heterocycles. The van der Waals surface area contributed by atoms with Crippen LogP contribution in [-0.2, 0) is 6.54 Å². The number of aliphatic imine (C=N–C) groups is 1. The largest absolute Gasteiger partial charge is 0.493 e. The third-order valence-corrected chi connectivity index (χ3v) is 4.79. The van der Waals surface area contributed by atoms with Gasteiger partial charge in [-0.2, -0.15) is 0 Å². The summed E-state index contributed by atoms with van der Waals surface area (Å²) in [6.45, 7) is 3.53. The minimum Gasteiger partial charge on any atom is -0.493 e. The Balaban J connectivity index is 0.00000312. The van der Waals surface area contributed by atoms with Crippen LogP contribution in [0.1, 0.15) is 44.6 Å². The van der Waals surface area contributed by atoms with Crippen LogP contribution in [-0.4, -0.2) is 32.8 Å². The van der Waals surface area contributed by atoms with Crippen molar-refractivity contribution in [1.29, 1.82) is 0 Å². The summed E-state index contributed by atoms with van der Waals surface area (Å²) in [4.78, 5) is 4.73. The monoisotopic (exact) mass is 525 g/mol. The summed E-state index contributed by atoms with van der Waals surface area (Å²) in [5.74, 6) is 2.30. The second kappa shape index (κ2) is 11.8. The SMILES string of the molecule is CCNC(=NCc1cc(Br)c(OC)c(OC)c1)NC1CCCCC1.I. The Labute approximate surface area is 176 Å². The minimum absolute atomic E-state index is 0. The molecular formula is C18H29BrIN3O2. The maximum atomic E-state index is 5.40.